The smallest absolute Gasteiger partial charge is 0.150 e. The Kier molecular flexibility index (Phi) is 3.27. The van der Waals surface area contributed by atoms with Gasteiger partial charge in [0.1, 0.15) is 6.29 Å². The summed E-state index contributed by atoms with van der Waals surface area (Å²) in [5.41, 5.74) is 1.49. The van der Waals surface area contributed by atoms with Crippen molar-refractivity contribution in [1.29, 1.82) is 0 Å². The van der Waals surface area contributed by atoms with Crippen LogP contribution in [-0.2, 0) is 0 Å². The summed E-state index contributed by atoms with van der Waals surface area (Å²) < 4.78 is 0. The molecule has 14 heavy (non-hydrogen) atoms. The van der Waals surface area contributed by atoms with E-state index in [-0.39, 0.29) is 0 Å². The number of rotatable bonds is 3. The van der Waals surface area contributed by atoms with Crippen LogP contribution in [0.25, 0.3) is 0 Å². The average molecular weight is 206 g/mol. The first-order chi connectivity index (χ1) is 6.48. The number of benzene rings is 1. The quantitative estimate of drug-likeness (QED) is 0.549. The van der Waals surface area contributed by atoms with Crippen molar-refractivity contribution in [2.45, 2.75) is 32.5 Å². The fourth-order valence-corrected chi connectivity index (χ4v) is 3.02. The van der Waals surface area contributed by atoms with Crippen molar-refractivity contribution in [3.05, 3.63) is 29.8 Å². The Morgan fingerprint density at radius 2 is 1.64 bits per heavy atom. The molecule has 2 heteroatoms. The highest BCUT2D eigenvalue weighted by Gasteiger charge is 2.26. The van der Waals surface area contributed by atoms with Gasteiger partial charge in [0, 0.05) is 5.56 Å². The van der Waals surface area contributed by atoms with Crippen molar-refractivity contribution in [1.82, 2.24) is 0 Å². The van der Waals surface area contributed by atoms with Gasteiger partial charge in [-0.05, 0) is 5.54 Å². The molecule has 0 bridgehead atoms. The molecule has 1 nitrogen and oxygen atoms in total. The second kappa shape index (κ2) is 4.09. The molecule has 0 saturated heterocycles. The number of hydrogen-bond donors (Lipinski definition) is 0. The molecule has 0 aliphatic heterocycles. The number of carbonyl (C=O) groups is 1. The molecular formula is C12H18OSi. The van der Waals surface area contributed by atoms with Gasteiger partial charge in [-0.1, -0.05) is 56.4 Å². The highest BCUT2D eigenvalue weighted by molar-refractivity contribution is 6.90. The van der Waals surface area contributed by atoms with Gasteiger partial charge >= 0.3 is 0 Å². The third-order valence-corrected chi connectivity index (χ3v) is 7.94. The second-order valence-electron chi connectivity index (χ2n) is 4.62. The lowest BCUT2D eigenvalue weighted by molar-refractivity contribution is 0.112. The molecule has 1 aromatic rings. The Morgan fingerprint density at radius 1 is 1.14 bits per heavy atom. The van der Waals surface area contributed by atoms with Gasteiger partial charge in [0.05, 0.1) is 8.07 Å². The van der Waals surface area contributed by atoms with Crippen LogP contribution in [0.3, 0.4) is 0 Å². The van der Waals surface area contributed by atoms with Gasteiger partial charge in [-0.25, -0.2) is 0 Å². The predicted molar refractivity (Wildman–Crippen MR) is 64.0 cm³/mol. The summed E-state index contributed by atoms with van der Waals surface area (Å²) in [4.78, 5) is 10.5. The van der Waals surface area contributed by atoms with Crippen LogP contribution in [0.1, 0.15) is 24.2 Å². The third-order valence-electron chi connectivity index (χ3n) is 3.23. The standard InChI is InChI=1S/C12H18OSi/c1-10(2)14(3,4)12-7-5-11(9-13)6-8-12/h5-10H,1-4H3. The summed E-state index contributed by atoms with van der Waals surface area (Å²) in [5.74, 6) is 0. The van der Waals surface area contributed by atoms with Gasteiger partial charge < -0.3 is 0 Å². The monoisotopic (exact) mass is 206 g/mol. The van der Waals surface area contributed by atoms with Crippen molar-refractivity contribution in [2.75, 3.05) is 0 Å². The maximum Gasteiger partial charge on any atom is 0.150 e. The first-order valence-corrected chi connectivity index (χ1v) is 8.12. The minimum Gasteiger partial charge on any atom is -0.298 e. The van der Waals surface area contributed by atoms with Gasteiger partial charge in [0.15, 0.2) is 0 Å². The summed E-state index contributed by atoms with van der Waals surface area (Å²) in [5, 5.41) is 1.43. The van der Waals surface area contributed by atoms with Crippen molar-refractivity contribution in [3.63, 3.8) is 0 Å². The Bertz CT molecular complexity index is 312. The molecule has 76 valence electrons. The topological polar surface area (TPSA) is 17.1 Å². The highest BCUT2D eigenvalue weighted by atomic mass is 28.3. The van der Waals surface area contributed by atoms with E-state index in [0.29, 0.717) is 0 Å². The Labute approximate surface area is 87.2 Å². The van der Waals surface area contributed by atoms with E-state index in [2.05, 4.69) is 39.1 Å². The second-order valence-corrected chi connectivity index (χ2v) is 9.79. The van der Waals surface area contributed by atoms with Crippen molar-refractivity contribution in [2.24, 2.45) is 0 Å². The molecule has 0 heterocycles. The molecule has 0 spiro atoms. The molecule has 0 atom stereocenters. The Hall–Kier alpha value is -0.893. The van der Waals surface area contributed by atoms with E-state index in [9.17, 15) is 4.79 Å². The number of aldehydes is 1. The first kappa shape index (κ1) is 11.2. The zero-order valence-corrected chi connectivity index (χ0v) is 10.4. The normalized spacial score (nSPS) is 11.8. The molecule has 0 fully saturated rings. The summed E-state index contributed by atoms with van der Waals surface area (Å²) in [6, 6.07) is 8.05. The van der Waals surface area contributed by atoms with Gasteiger partial charge in [-0.2, -0.15) is 0 Å². The maximum atomic E-state index is 10.5. The van der Waals surface area contributed by atoms with E-state index in [0.717, 1.165) is 17.4 Å². The third kappa shape index (κ3) is 2.12. The summed E-state index contributed by atoms with van der Waals surface area (Å²) in [7, 11) is -1.31. The van der Waals surface area contributed by atoms with Crippen LogP contribution in [0.5, 0.6) is 0 Å². The zero-order chi connectivity index (χ0) is 10.8. The zero-order valence-electron chi connectivity index (χ0n) is 9.37. The molecule has 0 saturated carbocycles. The summed E-state index contributed by atoms with van der Waals surface area (Å²) >= 11 is 0. The summed E-state index contributed by atoms with van der Waals surface area (Å²) in [6.45, 7) is 9.29. The summed E-state index contributed by atoms with van der Waals surface area (Å²) in [6.07, 6.45) is 0.897. The van der Waals surface area contributed by atoms with Crippen LogP contribution in [0.4, 0.5) is 0 Å². The maximum absolute atomic E-state index is 10.5. The van der Waals surface area contributed by atoms with E-state index in [1.54, 1.807) is 0 Å². The molecule has 1 aromatic carbocycles. The van der Waals surface area contributed by atoms with Crippen LogP contribution < -0.4 is 5.19 Å². The van der Waals surface area contributed by atoms with Gasteiger partial charge in [-0.15, -0.1) is 0 Å². The molecule has 0 aromatic heterocycles. The fourth-order valence-electron chi connectivity index (χ4n) is 1.32. The lowest BCUT2D eigenvalue weighted by atomic mass is 10.2. The molecule has 1 rings (SSSR count). The van der Waals surface area contributed by atoms with E-state index in [1.807, 2.05) is 12.1 Å². The molecule has 0 aliphatic rings. The average Bonchev–Trinajstić information content (AvgIpc) is 2.17. The van der Waals surface area contributed by atoms with Crippen LogP contribution in [0, 0.1) is 0 Å². The molecule has 0 radical (unpaired) electrons. The van der Waals surface area contributed by atoms with Crippen molar-refractivity contribution in [3.8, 4) is 0 Å². The Morgan fingerprint density at radius 3 is 2.00 bits per heavy atom. The van der Waals surface area contributed by atoms with E-state index < -0.39 is 8.07 Å². The van der Waals surface area contributed by atoms with Crippen LogP contribution in [0.15, 0.2) is 24.3 Å². The van der Waals surface area contributed by atoms with Crippen LogP contribution in [-0.4, -0.2) is 14.4 Å². The minimum atomic E-state index is -1.31. The predicted octanol–water partition coefficient (Wildman–Crippen LogP) is 2.82. The molecule has 0 amide bonds. The van der Waals surface area contributed by atoms with Crippen LogP contribution in [0.2, 0.25) is 18.6 Å². The van der Waals surface area contributed by atoms with Crippen molar-refractivity contribution < 1.29 is 4.79 Å². The van der Waals surface area contributed by atoms with E-state index in [4.69, 9.17) is 0 Å². The van der Waals surface area contributed by atoms with Gasteiger partial charge in [-0.3, -0.25) is 4.79 Å². The van der Waals surface area contributed by atoms with Gasteiger partial charge in [0.2, 0.25) is 0 Å². The fraction of sp³-hybridized carbons (Fsp3) is 0.417. The van der Waals surface area contributed by atoms with Gasteiger partial charge in [0.25, 0.3) is 0 Å². The number of carbonyl (C=O) groups excluding carboxylic acids is 1. The van der Waals surface area contributed by atoms with E-state index >= 15 is 0 Å². The minimum absolute atomic E-state index is 0.726. The molecule has 0 N–H and O–H groups in total. The lowest BCUT2D eigenvalue weighted by Crippen LogP contribution is -2.44. The van der Waals surface area contributed by atoms with Crippen LogP contribution >= 0.6 is 0 Å². The highest BCUT2D eigenvalue weighted by Crippen LogP contribution is 2.19. The lowest BCUT2D eigenvalue weighted by Gasteiger charge is -2.27. The van der Waals surface area contributed by atoms with Crippen molar-refractivity contribution >= 4 is 19.5 Å². The largest absolute Gasteiger partial charge is 0.298 e. The van der Waals surface area contributed by atoms with E-state index in [1.165, 1.54) is 5.19 Å². The number of hydrogen-bond acceptors (Lipinski definition) is 1. The molecule has 0 unspecified atom stereocenters. The Balaban J connectivity index is 3.02. The first-order valence-electron chi connectivity index (χ1n) is 5.04. The molecule has 0 aliphatic carbocycles. The SMILES string of the molecule is CC(C)[Si](C)(C)c1ccc(C=O)cc1. The molecular weight excluding hydrogens is 188 g/mol.